The molecule has 0 atom stereocenters. The molecule has 1 heterocycles. The highest BCUT2D eigenvalue weighted by Gasteiger charge is 2.31. The van der Waals surface area contributed by atoms with Crippen LogP contribution in [0.1, 0.15) is 6.42 Å². The number of nitrogens with zero attached hydrogens (tertiary/aromatic N) is 2. The molecule has 0 aromatic heterocycles. The molecule has 0 spiro atoms. The topological polar surface area (TPSA) is 6.48 Å². The Morgan fingerprint density at radius 2 is 1.87 bits per heavy atom. The van der Waals surface area contributed by atoms with Crippen LogP contribution in [0.2, 0.25) is 0 Å². The number of hydrogen-bond acceptors (Lipinski definition) is 2. The van der Waals surface area contributed by atoms with Gasteiger partial charge in [0, 0.05) is 26.2 Å². The molecule has 1 aliphatic heterocycles. The minimum atomic E-state index is -4.09. The van der Waals surface area contributed by atoms with Crippen LogP contribution in [0.15, 0.2) is 10.3 Å². The van der Waals surface area contributed by atoms with Crippen molar-refractivity contribution in [2.24, 2.45) is 0 Å². The molecule has 1 saturated heterocycles. The van der Waals surface area contributed by atoms with Crippen LogP contribution in [0, 0.1) is 0 Å². The van der Waals surface area contributed by atoms with E-state index in [1.165, 1.54) is 4.90 Å². The van der Waals surface area contributed by atoms with Gasteiger partial charge in [-0.2, -0.15) is 13.2 Å². The van der Waals surface area contributed by atoms with Gasteiger partial charge in [-0.3, -0.25) is 4.90 Å². The second-order valence-electron chi connectivity index (χ2n) is 3.61. The number of hydrogen-bond donors (Lipinski definition) is 0. The Labute approximate surface area is 101 Å². The molecule has 0 aromatic carbocycles. The van der Waals surface area contributed by atoms with E-state index in [4.69, 9.17) is 0 Å². The predicted octanol–water partition coefficient (Wildman–Crippen LogP) is 2.46. The predicted molar refractivity (Wildman–Crippen MR) is 61.8 cm³/mol. The van der Waals surface area contributed by atoms with Crippen molar-refractivity contribution < 1.29 is 13.2 Å². The fraction of sp³-hybridized carbons (Fsp3) is 0.778. The van der Waals surface area contributed by atoms with Crippen molar-refractivity contribution in [3.05, 3.63) is 10.3 Å². The maximum Gasteiger partial charge on any atom is 0.401 e. The Hall–Kier alpha value is 0.0200. The van der Waals surface area contributed by atoms with E-state index in [1.54, 1.807) is 0 Å². The molecule has 0 unspecified atom stereocenters. The molecule has 0 aliphatic carbocycles. The smallest absolute Gasteiger partial charge is 0.366 e. The standard InChI is InChI=1S/C9H14F3IN2/c1-8(13)15-4-2-3-14(5-6-15)7-9(10,11)12/h1-7H2. The first kappa shape index (κ1) is 13.1. The van der Waals surface area contributed by atoms with Gasteiger partial charge in [0.05, 0.1) is 10.2 Å². The van der Waals surface area contributed by atoms with Crippen LogP contribution in [-0.4, -0.2) is 48.7 Å². The van der Waals surface area contributed by atoms with Gasteiger partial charge in [0.1, 0.15) is 0 Å². The first-order valence-electron chi connectivity index (χ1n) is 4.77. The average Bonchev–Trinajstić information content (AvgIpc) is 2.26. The van der Waals surface area contributed by atoms with E-state index < -0.39 is 12.7 Å². The third-order valence-electron chi connectivity index (χ3n) is 2.33. The highest BCUT2D eigenvalue weighted by molar-refractivity contribution is 14.1. The lowest BCUT2D eigenvalue weighted by molar-refractivity contribution is -0.145. The first-order valence-corrected chi connectivity index (χ1v) is 5.85. The molecule has 15 heavy (non-hydrogen) atoms. The molecule has 0 N–H and O–H groups in total. The maximum absolute atomic E-state index is 12.2. The summed E-state index contributed by atoms with van der Waals surface area (Å²) in [6, 6.07) is 0. The Kier molecular flexibility index (Phi) is 4.69. The minimum Gasteiger partial charge on any atom is -0.366 e. The van der Waals surface area contributed by atoms with E-state index in [9.17, 15) is 13.2 Å². The Morgan fingerprint density at radius 3 is 2.40 bits per heavy atom. The minimum absolute atomic E-state index is 0.460. The van der Waals surface area contributed by atoms with E-state index in [-0.39, 0.29) is 0 Å². The zero-order valence-corrected chi connectivity index (χ0v) is 10.5. The molecular formula is C9H14F3IN2. The van der Waals surface area contributed by atoms with Crippen LogP contribution in [0.3, 0.4) is 0 Å². The number of alkyl halides is 3. The third kappa shape index (κ3) is 5.05. The van der Waals surface area contributed by atoms with Crippen molar-refractivity contribution in [3.63, 3.8) is 0 Å². The molecule has 0 amide bonds. The largest absolute Gasteiger partial charge is 0.401 e. The normalized spacial score (nSPS) is 20.1. The van der Waals surface area contributed by atoms with Crippen molar-refractivity contribution in [2.75, 3.05) is 32.7 Å². The number of halogens is 4. The van der Waals surface area contributed by atoms with Gasteiger partial charge in [0.15, 0.2) is 0 Å². The summed E-state index contributed by atoms with van der Waals surface area (Å²) in [6.07, 6.45) is -3.32. The fourth-order valence-electron chi connectivity index (χ4n) is 1.63. The van der Waals surface area contributed by atoms with Gasteiger partial charge in [0.25, 0.3) is 0 Å². The summed E-state index contributed by atoms with van der Waals surface area (Å²) in [7, 11) is 0. The van der Waals surface area contributed by atoms with Crippen LogP contribution in [0.5, 0.6) is 0 Å². The zero-order valence-electron chi connectivity index (χ0n) is 8.36. The van der Waals surface area contributed by atoms with Gasteiger partial charge in [0.2, 0.25) is 0 Å². The third-order valence-corrected chi connectivity index (χ3v) is 3.02. The van der Waals surface area contributed by atoms with Crippen LogP contribution in [0.4, 0.5) is 13.2 Å². The van der Waals surface area contributed by atoms with Crippen molar-refractivity contribution in [1.82, 2.24) is 9.80 Å². The van der Waals surface area contributed by atoms with Crippen LogP contribution >= 0.6 is 22.6 Å². The van der Waals surface area contributed by atoms with Crippen molar-refractivity contribution in [2.45, 2.75) is 12.6 Å². The monoisotopic (exact) mass is 334 g/mol. The Morgan fingerprint density at radius 1 is 1.20 bits per heavy atom. The van der Waals surface area contributed by atoms with Gasteiger partial charge < -0.3 is 4.90 Å². The van der Waals surface area contributed by atoms with Crippen LogP contribution in [0.25, 0.3) is 0 Å². The molecule has 0 radical (unpaired) electrons. The molecule has 0 bridgehead atoms. The summed E-state index contributed by atoms with van der Waals surface area (Å²) < 4.78 is 37.4. The molecule has 1 fully saturated rings. The van der Waals surface area contributed by atoms with Gasteiger partial charge in [-0.25, -0.2) is 0 Å². The average molecular weight is 334 g/mol. The maximum atomic E-state index is 12.2. The molecule has 88 valence electrons. The molecule has 1 aliphatic rings. The fourth-order valence-corrected chi connectivity index (χ4v) is 2.11. The molecule has 0 aromatic rings. The molecule has 1 rings (SSSR count). The molecule has 2 nitrogen and oxygen atoms in total. The van der Waals surface area contributed by atoms with Crippen LogP contribution < -0.4 is 0 Å². The van der Waals surface area contributed by atoms with Gasteiger partial charge in [-0.15, -0.1) is 0 Å². The Bertz CT molecular complexity index is 230. The lowest BCUT2D eigenvalue weighted by Crippen LogP contribution is -2.36. The van der Waals surface area contributed by atoms with Crippen molar-refractivity contribution in [1.29, 1.82) is 0 Å². The first-order chi connectivity index (χ1) is 6.88. The van der Waals surface area contributed by atoms with E-state index in [1.807, 2.05) is 4.90 Å². The summed E-state index contributed by atoms with van der Waals surface area (Å²) in [6.45, 7) is 5.41. The van der Waals surface area contributed by atoms with Gasteiger partial charge in [-0.05, 0) is 29.0 Å². The summed E-state index contributed by atoms with van der Waals surface area (Å²) in [5.41, 5.74) is 0. The van der Waals surface area contributed by atoms with Crippen molar-refractivity contribution in [3.8, 4) is 0 Å². The summed E-state index contributed by atoms with van der Waals surface area (Å²) in [4.78, 5) is 3.48. The highest BCUT2D eigenvalue weighted by atomic mass is 127. The summed E-state index contributed by atoms with van der Waals surface area (Å²) in [5.74, 6) is 0. The number of rotatable bonds is 2. The van der Waals surface area contributed by atoms with E-state index in [0.29, 0.717) is 19.6 Å². The summed E-state index contributed by atoms with van der Waals surface area (Å²) >= 11 is 2.11. The quantitative estimate of drug-likeness (QED) is 0.566. The lowest BCUT2D eigenvalue weighted by atomic mass is 10.4. The van der Waals surface area contributed by atoms with Gasteiger partial charge >= 0.3 is 6.18 Å². The van der Waals surface area contributed by atoms with Crippen molar-refractivity contribution >= 4 is 22.6 Å². The Balaban J connectivity index is 2.42. The van der Waals surface area contributed by atoms with Gasteiger partial charge in [-0.1, -0.05) is 6.58 Å². The van der Waals surface area contributed by atoms with E-state index >= 15 is 0 Å². The van der Waals surface area contributed by atoms with Crippen LogP contribution in [-0.2, 0) is 0 Å². The molecule has 0 saturated carbocycles. The zero-order chi connectivity index (χ0) is 11.5. The highest BCUT2D eigenvalue weighted by Crippen LogP contribution is 2.19. The lowest BCUT2D eigenvalue weighted by Gasteiger charge is -2.23. The second-order valence-corrected chi connectivity index (χ2v) is 4.85. The molecular weight excluding hydrogens is 320 g/mol. The SMILES string of the molecule is C=C(I)N1CCCN(CC(F)(F)F)CC1. The van der Waals surface area contributed by atoms with E-state index in [2.05, 4.69) is 29.2 Å². The second kappa shape index (κ2) is 5.38. The summed E-state index contributed by atoms with van der Waals surface area (Å²) in [5, 5.41) is 0. The molecule has 6 heteroatoms. The van der Waals surface area contributed by atoms with E-state index in [0.717, 1.165) is 16.7 Å².